The summed E-state index contributed by atoms with van der Waals surface area (Å²) in [5.74, 6) is 4.06. The molecule has 1 nitrogen and oxygen atoms in total. The second-order valence-corrected chi connectivity index (χ2v) is 12.6. The van der Waals surface area contributed by atoms with Crippen molar-refractivity contribution in [3.05, 3.63) is 11.6 Å². The smallest absolute Gasteiger partial charge is 0.0577 e. The molecule has 0 aromatic heterocycles. The summed E-state index contributed by atoms with van der Waals surface area (Å²) in [6, 6.07) is 0. The minimum atomic E-state index is -0.101. The summed E-state index contributed by atoms with van der Waals surface area (Å²) in [4.78, 5) is 0. The molecule has 0 unspecified atom stereocenters. The molecule has 0 amide bonds. The van der Waals surface area contributed by atoms with Gasteiger partial charge in [0.15, 0.2) is 0 Å². The van der Waals surface area contributed by atoms with Gasteiger partial charge in [-0.15, -0.1) is 0 Å². The molecular weight excluding hydrogens is 364 g/mol. The molecule has 6 atom stereocenters. The summed E-state index contributed by atoms with van der Waals surface area (Å²) in [6.45, 7) is 19.8. The van der Waals surface area contributed by atoms with Gasteiger partial charge in [0, 0.05) is 0 Å². The quantitative estimate of drug-likeness (QED) is 0.332. The van der Waals surface area contributed by atoms with Gasteiger partial charge in [-0.3, -0.25) is 0 Å². The van der Waals surface area contributed by atoms with Gasteiger partial charge in [-0.1, -0.05) is 92.7 Å². The van der Waals surface area contributed by atoms with Crippen LogP contribution in [0.15, 0.2) is 11.6 Å². The molecular formula is C29H54O. The molecule has 0 heterocycles. The van der Waals surface area contributed by atoms with Gasteiger partial charge in [0.1, 0.15) is 0 Å². The number of hydrogen-bond acceptors (Lipinski definition) is 1. The number of allylic oxidation sites excluding steroid dienone is 1. The van der Waals surface area contributed by atoms with Gasteiger partial charge >= 0.3 is 0 Å². The molecule has 2 rings (SSSR count). The van der Waals surface area contributed by atoms with E-state index in [1.165, 1.54) is 57.8 Å². The van der Waals surface area contributed by atoms with E-state index in [4.69, 9.17) is 0 Å². The van der Waals surface area contributed by atoms with Crippen LogP contribution in [0.2, 0.25) is 0 Å². The van der Waals surface area contributed by atoms with Crippen molar-refractivity contribution in [3.8, 4) is 0 Å². The van der Waals surface area contributed by atoms with Crippen molar-refractivity contribution in [2.45, 2.75) is 132 Å². The first-order chi connectivity index (χ1) is 14.0. The SMILES string of the molecule is CCC[C@H]([C@H](C)CCCC(C)C)C(C)(C)CC[C@H]1[C@H](C)CC=C2C[C@@H](O)CC[C@@]21C. The van der Waals surface area contributed by atoms with Gasteiger partial charge in [-0.2, -0.15) is 0 Å². The van der Waals surface area contributed by atoms with Crippen LogP contribution < -0.4 is 0 Å². The van der Waals surface area contributed by atoms with Crippen molar-refractivity contribution in [3.63, 3.8) is 0 Å². The average Bonchev–Trinajstić information content (AvgIpc) is 2.65. The van der Waals surface area contributed by atoms with Gasteiger partial charge in [-0.25, -0.2) is 0 Å². The number of rotatable bonds is 11. The predicted octanol–water partition coefficient (Wildman–Crippen LogP) is 8.81. The molecule has 1 N–H and O–H groups in total. The maximum atomic E-state index is 10.2. The van der Waals surface area contributed by atoms with Crippen LogP contribution in [-0.4, -0.2) is 11.2 Å². The molecule has 0 saturated heterocycles. The Kier molecular flexibility index (Phi) is 9.54. The van der Waals surface area contributed by atoms with Crippen molar-refractivity contribution in [1.82, 2.24) is 0 Å². The van der Waals surface area contributed by atoms with E-state index in [9.17, 15) is 5.11 Å². The number of hydrogen-bond donors (Lipinski definition) is 1. The molecule has 0 bridgehead atoms. The van der Waals surface area contributed by atoms with Crippen LogP contribution in [-0.2, 0) is 0 Å². The predicted molar refractivity (Wildman–Crippen MR) is 133 cm³/mol. The summed E-state index contributed by atoms with van der Waals surface area (Å²) in [5.41, 5.74) is 2.32. The Hall–Kier alpha value is -0.300. The van der Waals surface area contributed by atoms with Crippen molar-refractivity contribution in [2.24, 2.45) is 40.4 Å². The number of fused-ring (bicyclic) bond motifs is 1. The van der Waals surface area contributed by atoms with E-state index in [2.05, 4.69) is 61.5 Å². The zero-order chi connectivity index (χ0) is 22.5. The maximum absolute atomic E-state index is 10.2. The lowest BCUT2D eigenvalue weighted by Crippen LogP contribution is -2.42. The maximum Gasteiger partial charge on any atom is 0.0577 e. The van der Waals surface area contributed by atoms with Crippen LogP contribution in [0, 0.1) is 40.4 Å². The van der Waals surface area contributed by atoms with E-state index in [0.717, 1.165) is 42.4 Å². The first-order valence-electron chi connectivity index (χ1n) is 13.4. The molecule has 30 heavy (non-hydrogen) atoms. The lowest BCUT2D eigenvalue weighted by molar-refractivity contribution is 0.0349. The molecule has 176 valence electrons. The van der Waals surface area contributed by atoms with Gasteiger partial charge in [-0.05, 0) is 85.4 Å². The summed E-state index contributed by atoms with van der Waals surface area (Å²) < 4.78 is 0. The van der Waals surface area contributed by atoms with E-state index < -0.39 is 0 Å². The Labute approximate surface area is 189 Å². The van der Waals surface area contributed by atoms with Gasteiger partial charge < -0.3 is 5.11 Å². The van der Waals surface area contributed by atoms with Crippen LogP contribution in [0.3, 0.4) is 0 Å². The summed E-state index contributed by atoms with van der Waals surface area (Å²) >= 11 is 0. The zero-order valence-corrected chi connectivity index (χ0v) is 21.8. The molecule has 1 heteroatoms. The topological polar surface area (TPSA) is 20.2 Å². The normalized spacial score (nSPS) is 31.9. The summed E-state index contributed by atoms with van der Waals surface area (Å²) in [6.07, 6.45) is 16.3. The summed E-state index contributed by atoms with van der Waals surface area (Å²) in [7, 11) is 0. The zero-order valence-electron chi connectivity index (χ0n) is 21.8. The summed E-state index contributed by atoms with van der Waals surface area (Å²) in [5, 5.41) is 10.2. The van der Waals surface area contributed by atoms with Crippen LogP contribution in [0.1, 0.15) is 126 Å². The Balaban J connectivity index is 2.05. The minimum Gasteiger partial charge on any atom is -0.393 e. The molecule has 2 aliphatic rings. The van der Waals surface area contributed by atoms with Gasteiger partial charge in [0.25, 0.3) is 0 Å². The van der Waals surface area contributed by atoms with E-state index >= 15 is 0 Å². The van der Waals surface area contributed by atoms with Crippen molar-refractivity contribution in [2.75, 3.05) is 0 Å². The first kappa shape index (κ1) is 26.0. The lowest BCUT2D eigenvalue weighted by Gasteiger charge is -2.51. The monoisotopic (exact) mass is 418 g/mol. The second kappa shape index (κ2) is 11.0. The molecule has 0 aromatic rings. The van der Waals surface area contributed by atoms with Crippen LogP contribution in [0.5, 0.6) is 0 Å². The standard InChI is InChI=1S/C29H54O/c1-9-11-26(22(4)13-10-12-21(2)3)28(6,7)18-17-27-23(5)14-15-24-20-25(30)16-19-29(24,27)8/h15,21-23,25-27,30H,9-14,16-20H2,1-8H3/t22-,23-,25+,26-,27+,29+/m1/s1. The highest BCUT2D eigenvalue weighted by Crippen LogP contribution is 2.55. The fourth-order valence-electron chi connectivity index (χ4n) is 7.20. The Morgan fingerprint density at radius 2 is 1.87 bits per heavy atom. The van der Waals surface area contributed by atoms with Crippen LogP contribution in [0.25, 0.3) is 0 Å². The van der Waals surface area contributed by atoms with E-state index in [1.54, 1.807) is 5.57 Å². The van der Waals surface area contributed by atoms with Crippen molar-refractivity contribution >= 4 is 0 Å². The van der Waals surface area contributed by atoms with E-state index in [1.807, 2.05) is 0 Å². The lowest BCUT2D eigenvalue weighted by atomic mass is 9.55. The molecule has 0 aromatic carbocycles. The molecule has 0 aliphatic heterocycles. The Morgan fingerprint density at radius 3 is 2.50 bits per heavy atom. The fraction of sp³-hybridized carbons (Fsp3) is 0.931. The molecule has 0 spiro atoms. The molecule has 1 fully saturated rings. The Bertz CT molecular complexity index is 545. The first-order valence-corrected chi connectivity index (χ1v) is 13.4. The average molecular weight is 419 g/mol. The highest BCUT2D eigenvalue weighted by molar-refractivity contribution is 5.23. The molecule has 2 aliphatic carbocycles. The fourth-order valence-corrected chi connectivity index (χ4v) is 7.20. The third kappa shape index (κ3) is 6.36. The third-order valence-corrected chi connectivity index (χ3v) is 9.26. The highest BCUT2D eigenvalue weighted by atomic mass is 16.3. The van der Waals surface area contributed by atoms with Crippen LogP contribution in [0.4, 0.5) is 0 Å². The largest absolute Gasteiger partial charge is 0.393 e. The van der Waals surface area contributed by atoms with E-state index in [-0.39, 0.29) is 6.10 Å². The highest BCUT2D eigenvalue weighted by Gasteiger charge is 2.46. The van der Waals surface area contributed by atoms with Gasteiger partial charge in [0.05, 0.1) is 6.10 Å². The van der Waals surface area contributed by atoms with Crippen molar-refractivity contribution < 1.29 is 5.11 Å². The van der Waals surface area contributed by atoms with Crippen molar-refractivity contribution in [1.29, 1.82) is 0 Å². The molecule has 1 saturated carbocycles. The molecule has 0 radical (unpaired) electrons. The number of aliphatic hydroxyl groups excluding tert-OH is 1. The van der Waals surface area contributed by atoms with Crippen LogP contribution >= 0.6 is 0 Å². The second-order valence-electron chi connectivity index (χ2n) is 12.6. The van der Waals surface area contributed by atoms with Gasteiger partial charge in [0.2, 0.25) is 0 Å². The minimum absolute atomic E-state index is 0.101. The van der Waals surface area contributed by atoms with E-state index in [0.29, 0.717) is 10.8 Å². The Morgan fingerprint density at radius 1 is 1.17 bits per heavy atom. The number of aliphatic hydroxyl groups is 1. The third-order valence-electron chi connectivity index (χ3n) is 9.26.